The zero-order valence-corrected chi connectivity index (χ0v) is 13.3. The summed E-state index contributed by atoms with van der Waals surface area (Å²) in [6.07, 6.45) is -1.80. The Labute approximate surface area is 134 Å². The first-order valence-electron chi connectivity index (χ1n) is 6.97. The van der Waals surface area contributed by atoms with Crippen LogP contribution in [0.25, 0.3) is 0 Å². The molecule has 1 unspecified atom stereocenters. The second kappa shape index (κ2) is 6.87. The molecule has 2 N–H and O–H groups in total. The second-order valence-electron chi connectivity index (χ2n) is 5.70. The van der Waals surface area contributed by atoms with Crippen molar-refractivity contribution in [2.24, 2.45) is 0 Å². The third kappa shape index (κ3) is 4.14. The van der Waals surface area contributed by atoms with Gasteiger partial charge in [-0.05, 0) is 57.4 Å². The number of aryl methyl sites for hydroxylation is 1. The number of benzene rings is 1. The normalized spacial score (nSPS) is 21.9. The van der Waals surface area contributed by atoms with E-state index in [1.54, 1.807) is 13.8 Å². The van der Waals surface area contributed by atoms with Crippen LogP contribution >= 0.6 is 12.4 Å². The number of alkyl halides is 3. The molecular weight excluding hydrogens is 317 g/mol. The van der Waals surface area contributed by atoms with Gasteiger partial charge in [0.1, 0.15) is 0 Å². The van der Waals surface area contributed by atoms with Gasteiger partial charge < -0.3 is 10.6 Å². The highest BCUT2D eigenvalue weighted by Gasteiger charge is 2.35. The molecule has 0 aromatic heterocycles. The first-order valence-corrected chi connectivity index (χ1v) is 6.97. The van der Waals surface area contributed by atoms with Gasteiger partial charge in [-0.3, -0.25) is 4.79 Å². The average Bonchev–Trinajstić information content (AvgIpc) is 2.40. The molecule has 1 fully saturated rings. The minimum absolute atomic E-state index is 0. The lowest BCUT2D eigenvalue weighted by Crippen LogP contribution is -2.54. The molecule has 0 spiro atoms. The van der Waals surface area contributed by atoms with E-state index < -0.39 is 17.3 Å². The molecule has 1 aliphatic rings. The topological polar surface area (TPSA) is 41.1 Å². The predicted octanol–water partition coefficient (Wildman–Crippen LogP) is 3.91. The molecule has 1 atom stereocenters. The maximum Gasteiger partial charge on any atom is 0.416 e. The average molecular weight is 337 g/mol. The van der Waals surface area contributed by atoms with Crippen molar-refractivity contribution >= 4 is 24.0 Å². The Hall–Kier alpha value is -1.27. The van der Waals surface area contributed by atoms with Crippen LogP contribution in [-0.4, -0.2) is 18.0 Å². The summed E-state index contributed by atoms with van der Waals surface area (Å²) in [4.78, 5) is 12.3. The molecule has 0 bridgehead atoms. The maximum atomic E-state index is 12.7. The van der Waals surface area contributed by atoms with E-state index in [4.69, 9.17) is 0 Å². The van der Waals surface area contributed by atoms with Crippen molar-refractivity contribution in [3.05, 3.63) is 29.3 Å². The fourth-order valence-electron chi connectivity index (χ4n) is 2.44. The van der Waals surface area contributed by atoms with Gasteiger partial charge in [-0.1, -0.05) is 6.07 Å². The Morgan fingerprint density at radius 2 is 2.00 bits per heavy atom. The van der Waals surface area contributed by atoms with Crippen molar-refractivity contribution < 1.29 is 18.0 Å². The van der Waals surface area contributed by atoms with Crippen molar-refractivity contribution in [3.8, 4) is 0 Å². The Bertz CT molecular complexity index is 540. The summed E-state index contributed by atoms with van der Waals surface area (Å²) < 4.78 is 38.2. The zero-order valence-electron chi connectivity index (χ0n) is 12.5. The molecule has 1 saturated heterocycles. The number of anilines is 1. The fraction of sp³-hybridized carbons (Fsp3) is 0.533. The SMILES string of the molecule is Cc1ccc(C(F)(F)F)cc1NC(=O)C1(C)CCCCN1.Cl. The van der Waals surface area contributed by atoms with Crippen molar-refractivity contribution in [2.75, 3.05) is 11.9 Å². The van der Waals surface area contributed by atoms with E-state index in [9.17, 15) is 18.0 Å². The second-order valence-corrected chi connectivity index (χ2v) is 5.70. The van der Waals surface area contributed by atoms with Crippen LogP contribution in [0.3, 0.4) is 0 Å². The molecule has 0 saturated carbocycles. The van der Waals surface area contributed by atoms with Crippen molar-refractivity contribution in [3.63, 3.8) is 0 Å². The van der Waals surface area contributed by atoms with E-state index in [1.807, 2.05) is 0 Å². The van der Waals surface area contributed by atoms with E-state index >= 15 is 0 Å². The Morgan fingerprint density at radius 3 is 2.55 bits per heavy atom. The summed E-state index contributed by atoms with van der Waals surface area (Å²) in [6.45, 7) is 4.20. The van der Waals surface area contributed by atoms with E-state index in [2.05, 4.69) is 10.6 Å². The minimum atomic E-state index is -4.42. The number of carbonyl (C=O) groups is 1. The van der Waals surface area contributed by atoms with Gasteiger partial charge in [0.2, 0.25) is 5.91 Å². The van der Waals surface area contributed by atoms with Gasteiger partial charge in [0, 0.05) is 5.69 Å². The lowest BCUT2D eigenvalue weighted by Gasteiger charge is -2.33. The molecule has 7 heteroatoms. The van der Waals surface area contributed by atoms with Crippen LogP contribution in [0.1, 0.15) is 37.3 Å². The van der Waals surface area contributed by atoms with E-state index in [-0.39, 0.29) is 24.0 Å². The highest BCUT2D eigenvalue weighted by Crippen LogP contribution is 2.32. The molecule has 1 aromatic carbocycles. The van der Waals surface area contributed by atoms with E-state index in [1.165, 1.54) is 6.07 Å². The van der Waals surface area contributed by atoms with Crippen molar-refractivity contribution in [1.29, 1.82) is 0 Å². The summed E-state index contributed by atoms with van der Waals surface area (Å²) in [5.74, 6) is -0.287. The fourth-order valence-corrected chi connectivity index (χ4v) is 2.44. The first-order chi connectivity index (χ1) is 9.72. The number of amides is 1. The molecular formula is C15H20ClF3N2O. The van der Waals surface area contributed by atoms with Crippen LogP contribution in [-0.2, 0) is 11.0 Å². The standard InChI is InChI=1S/C15H19F3N2O.ClH/c1-10-5-6-11(15(16,17)18)9-12(10)20-13(21)14(2)7-3-4-8-19-14;/h5-6,9,19H,3-4,7-8H2,1-2H3,(H,20,21);1H. The number of carbonyl (C=O) groups excluding carboxylic acids is 1. The molecule has 22 heavy (non-hydrogen) atoms. The minimum Gasteiger partial charge on any atom is -0.324 e. The summed E-state index contributed by atoms with van der Waals surface area (Å²) in [7, 11) is 0. The third-order valence-electron chi connectivity index (χ3n) is 3.93. The monoisotopic (exact) mass is 336 g/mol. The van der Waals surface area contributed by atoms with Gasteiger partial charge in [-0.25, -0.2) is 0 Å². The largest absolute Gasteiger partial charge is 0.416 e. The number of nitrogens with one attached hydrogen (secondary N) is 2. The number of halogens is 4. The lowest BCUT2D eigenvalue weighted by molar-refractivity contribution is -0.137. The maximum absolute atomic E-state index is 12.7. The van der Waals surface area contributed by atoms with Gasteiger partial charge in [0.05, 0.1) is 11.1 Å². The van der Waals surface area contributed by atoms with Gasteiger partial charge in [0.25, 0.3) is 0 Å². The third-order valence-corrected chi connectivity index (χ3v) is 3.93. The van der Waals surface area contributed by atoms with E-state index in [0.717, 1.165) is 31.5 Å². The van der Waals surface area contributed by atoms with Gasteiger partial charge >= 0.3 is 6.18 Å². The molecule has 0 radical (unpaired) electrons. The van der Waals surface area contributed by atoms with Crippen LogP contribution in [0.2, 0.25) is 0 Å². The smallest absolute Gasteiger partial charge is 0.324 e. The number of rotatable bonds is 2. The van der Waals surface area contributed by atoms with E-state index in [0.29, 0.717) is 12.0 Å². The quantitative estimate of drug-likeness (QED) is 0.859. The number of hydrogen-bond acceptors (Lipinski definition) is 2. The summed E-state index contributed by atoms with van der Waals surface area (Å²) in [5, 5.41) is 5.78. The molecule has 1 aromatic rings. The van der Waals surface area contributed by atoms with Crippen LogP contribution in [0, 0.1) is 6.92 Å². The Balaban J connectivity index is 0.00000242. The first kappa shape index (κ1) is 18.8. The Morgan fingerprint density at radius 1 is 1.32 bits per heavy atom. The predicted molar refractivity (Wildman–Crippen MR) is 82.3 cm³/mol. The van der Waals surface area contributed by atoms with Gasteiger partial charge in [0.15, 0.2) is 0 Å². The lowest BCUT2D eigenvalue weighted by atomic mass is 9.90. The number of hydrogen-bond donors (Lipinski definition) is 2. The molecule has 1 amide bonds. The summed E-state index contributed by atoms with van der Waals surface area (Å²) >= 11 is 0. The number of piperidine rings is 1. The van der Waals surface area contributed by atoms with Gasteiger partial charge in [-0.2, -0.15) is 13.2 Å². The summed E-state index contributed by atoms with van der Waals surface area (Å²) in [6, 6.07) is 3.38. The molecule has 0 aliphatic carbocycles. The zero-order chi connectivity index (χ0) is 15.7. The Kier molecular flexibility index (Phi) is 5.87. The van der Waals surface area contributed by atoms with Crippen LogP contribution < -0.4 is 10.6 Å². The van der Waals surface area contributed by atoms with Crippen LogP contribution in [0.4, 0.5) is 18.9 Å². The van der Waals surface area contributed by atoms with Gasteiger partial charge in [-0.15, -0.1) is 12.4 Å². The molecule has 3 nitrogen and oxygen atoms in total. The van der Waals surface area contributed by atoms with Crippen molar-refractivity contribution in [2.45, 2.75) is 44.8 Å². The summed E-state index contributed by atoms with van der Waals surface area (Å²) in [5.41, 5.74) is -0.664. The highest BCUT2D eigenvalue weighted by atomic mass is 35.5. The van der Waals surface area contributed by atoms with Crippen molar-refractivity contribution in [1.82, 2.24) is 5.32 Å². The molecule has 1 aliphatic heterocycles. The highest BCUT2D eigenvalue weighted by molar-refractivity contribution is 5.98. The van der Waals surface area contributed by atoms with Crippen LogP contribution in [0.15, 0.2) is 18.2 Å². The molecule has 124 valence electrons. The molecule has 2 rings (SSSR count). The molecule has 1 heterocycles. The van der Waals surface area contributed by atoms with Crippen LogP contribution in [0.5, 0.6) is 0 Å².